The summed E-state index contributed by atoms with van der Waals surface area (Å²) in [5.74, 6) is -1.63. The second-order valence-electron chi connectivity index (χ2n) is 4.32. The summed E-state index contributed by atoms with van der Waals surface area (Å²) < 4.78 is 28.0. The first-order valence-electron chi connectivity index (χ1n) is 5.68. The molecule has 0 aliphatic carbocycles. The molecule has 2 unspecified atom stereocenters. The van der Waals surface area contributed by atoms with Gasteiger partial charge in [0.15, 0.2) is 15.6 Å². The van der Waals surface area contributed by atoms with Crippen molar-refractivity contribution in [1.82, 2.24) is 0 Å². The molecule has 0 amide bonds. The van der Waals surface area contributed by atoms with Crippen LogP contribution in [0.25, 0.3) is 0 Å². The van der Waals surface area contributed by atoms with E-state index < -0.39 is 26.8 Å². The molecule has 0 saturated carbocycles. The van der Waals surface area contributed by atoms with Crippen molar-refractivity contribution >= 4 is 27.2 Å². The Morgan fingerprint density at radius 3 is 2.50 bits per heavy atom. The van der Waals surface area contributed by atoms with Crippen molar-refractivity contribution in [3.63, 3.8) is 0 Å². The molecule has 20 heavy (non-hydrogen) atoms. The number of rotatable bonds is 5. The van der Waals surface area contributed by atoms with Crippen LogP contribution < -0.4 is 4.74 Å². The Kier molecular flexibility index (Phi) is 5.15. The molecule has 1 aromatic rings. The van der Waals surface area contributed by atoms with Crippen LogP contribution in [0.5, 0.6) is 5.75 Å². The topological polar surface area (TPSA) is 84.2 Å². The van der Waals surface area contributed by atoms with E-state index in [-0.39, 0.29) is 5.56 Å². The number of nitriles is 1. The van der Waals surface area contributed by atoms with Gasteiger partial charge in [0, 0.05) is 16.8 Å². The Morgan fingerprint density at radius 1 is 1.45 bits per heavy atom. The van der Waals surface area contributed by atoms with Gasteiger partial charge in [-0.1, -0.05) is 11.6 Å². The predicted octanol–water partition coefficient (Wildman–Crippen LogP) is 1.96. The third-order valence-corrected chi connectivity index (χ3v) is 4.71. The lowest BCUT2D eigenvalue weighted by Crippen LogP contribution is -2.30. The van der Waals surface area contributed by atoms with Gasteiger partial charge in [-0.3, -0.25) is 4.79 Å². The van der Waals surface area contributed by atoms with Gasteiger partial charge in [0.1, 0.15) is 16.9 Å². The number of ether oxygens (including phenoxy) is 1. The number of Topliss-reactive ketones (excluding diaryl/α,β-unsaturated/α-hetero) is 1. The van der Waals surface area contributed by atoms with Crippen molar-refractivity contribution in [1.29, 1.82) is 5.26 Å². The minimum atomic E-state index is -3.57. The molecule has 0 spiro atoms. The number of hydrogen-bond acceptors (Lipinski definition) is 5. The Balaban J connectivity index is 3.31. The van der Waals surface area contributed by atoms with Crippen molar-refractivity contribution in [2.45, 2.75) is 18.1 Å². The molecule has 5 nitrogen and oxygen atoms in total. The molecule has 7 heteroatoms. The number of carbonyl (C=O) groups is 1. The van der Waals surface area contributed by atoms with E-state index in [0.29, 0.717) is 10.8 Å². The number of halogens is 1. The molecule has 2 atom stereocenters. The monoisotopic (exact) mass is 315 g/mol. The van der Waals surface area contributed by atoms with Gasteiger partial charge in [0.2, 0.25) is 0 Å². The fourth-order valence-electron chi connectivity index (χ4n) is 1.66. The van der Waals surface area contributed by atoms with Gasteiger partial charge in [-0.15, -0.1) is 0 Å². The molecular weight excluding hydrogens is 302 g/mol. The van der Waals surface area contributed by atoms with Gasteiger partial charge in [-0.25, -0.2) is 8.42 Å². The van der Waals surface area contributed by atoms with Crippen LogP contribution in [0.1, 0.15) is 18.4 Å². The highest BCUT2D eigenvalue weighted by Crippen LogP contribution is 2.31. The van der Waals surface area contributed by atoms with E-state index in [2.05, 4.69) is 0 Å². The van der Waals surface area contributed by atoms with E-state index in [4.69, 9.17) is 16.3 Å². The van der Waals surface area contributed by atoms with E-state index in [9.17, 15) is 18.5 Å². The first kappa shape index (κ1) is 16.5. The average Bonchev–Trinajstić information content (AvgIpc) is 2.37. The lowest BCUT2D eigenvalue weighted by molar-refractivity contribution is -0.118. The standard InChI is InChI=1S/C13H14ClNO4S/c1-8(20(3,17)18)13(16)11(7-15)10-6-9(14)4-5-12(10)19-2/h4-6,8,11H,1-3H3. The highest BCUT2D eigenvalue weighted by Gasteiger charge is 2.33. The normalized spacial score (nSPS) is 14.2. The van der Waals surface area contributed by atoms with Crippen molar-refractivity contribution in [2.75, 3.05) is 13.4 Å². The number of sulfone groups is 1. The fourth-order valence-corrected chi connectivity index (χ4v) is 2.40. The molecule has 0 N–H and O–H groups in total. The van der Waals surface area contributed by atoms with Gasteiger partial charge in [-0.2, -0.15) is 5.26 Å². The number of nitrogens with zero attached hydrogens (tertiary/aromatic N) is 1. The van der Waals surface area contributed by atoms with Crippen LogP contribution in [-0.4, -0.2) is 32.8 Å². The molecule has 0 aromatic heterocycles. The summed E-state index contributed by atoms with van der Waals surface area (Å²) in [6, 6.07) is 6.34. The Morgan fingerprint density at radius 2 is 2.05 bits per heavy atom. The summed E-state index contributed by atoms with van der Waals surface area (Å²) >= 11 is 5.85. The highest BCUT2D eigenvalue weighted by atomic mass is 35.5. The van der Waals surface area contributed by atoms with Crippen LogP contribution in [0.4, 0.5) is 0 Å². The summed E-state index contributed by atoms with van der Waals surface area (Å²) in [6.45, 7) is 1.26. The zero-order valence-electron chi connectivity index (χ0n) is 11.3. The van der Waals surface area contributed by atoms with E-state index in [1.54, 1.807) is 6.07 Å². The lowest BCUT2D eigenvalue weighted by atomic mass is 9.93. The van der Waals surface area contributed by atoms with Gasteiger partial charge in [0.25, 0.3) is 0 Å². The molecule has 0 aliphatic rings. The summed E-state index contributed by atoms with van der Waals surface area (Å²) in [4.78, 5) is 12.2. The van der Waals surface area contributed by atoms with Crippen molar-refractivity contribution in [3.8, 4) is 11.8 Å². The summed E-state index contributed by atoms with van der Waals surface area (Å²) in [7, 11) is -2.17. The molecule has 0 aliphatic heterocycles. The number of methoxy groups -OCH3 is 1. The maximum absolute atomic E-state index is 12.2. The van der Waals surface area contributed by atoms with Crippen molar-refractivity contribution in [3.05, 3.63) is 28.8 Å². The average molecular weight is 316 g/mol. The first-order chi connectivity index (χ1) is 9.22. The van der Waals surface area contributed by atoms with Crippen LogP contribution in [0, 0.1) is 11.3 Å². The number of carbonyl (C=O) groups excluding carboxylic acids is 1. The zero-order chi connectivity index (χ0) is 15.5. The van der Waals surface area contributed by atoms with Gasteiger partial charge < -0.3 is 4.74 Å². The SMILES string of the molecule is COc1ccc(Cl)cc1C(C#N)C(=O)C(C)S(C)(=O)=O. The quantitative estimate of drug-likeness (QED) is 0.829. The van der Waals surface area contributed by atoms with E-state index in [1.807, 2.05) is 6.07 Å². The Hall–Kier alpha value is -1.58. The molecule has 0 heterocycles. The number of benzene rings is 1. The number of ketones is 1. The molecule has 0 radical (unpaired) electrons. The van der Waals surface area contributed by atoms with Crippen LogP contribution in [-0.2, 0) is 14.6 Å². The fraction of sp³-hybridized carbons (Fsp3) is 0.385. The summed E-state index contributed by atoms with van der Waals surface area (Å²) in [5, 5.41) is 8.28. The van der Waals surface area contributed by atoms with Gasteiger partial charge in [-0.05, 0) is 25.1 Å². The second kappa shape index (κ2) is 6.25. The van der Waals surface area contributed by atoms with Crippen LogP contribution in [0.2, 0.25) is 5.02 Å². The minimum Gasteiger partial charge on any atom is -0.496 e. The Bertz CT molecular complexity index is 663. The molecule has 1 aromatic carbocycles. The largest absolute Gasteiger partial charge is 0.496 e. The van der Waals surface area contributed by atoms with Crippen LogP contribution in [0.3, 0.4) is 0 Å². The lowest BCUT2D eigenvalue weighted by Gasteiger charge is -2.16. The minimum absolute atomic E-state index is 0.267. The highest BCUT2D eigenvalue weighted by molar-refractivity contribution is 7.92. The molecular formula is C13H14ClNO4S. The van der Waals surface area contributed by atoms with Gasteiger partial charge in [0.05, 0.1) is 13.2 Å². The first-order valence-corrected chi connectivity index (χ1v) is 8.01. The maximum Gasteiger partial charge on any atom is 0.172 e. The molecule has 0 saturated heterocycles. The predicted molar refractivity (Wildman–Crippen MR) is 75.7 cm³/mol. The number of hydrogen-bond donors (Lipinski definition) is 0. The third kappa shape index (κ3) is 3.50. The zero-order valence-corrected chi connectivity index (χ0v) is 12.8. The molecule has 0 bridgehead atoms. The van der Waals surface area contributed by atoms with E-state index in [0.717, 1.165) is 6.26 Å². The molecule has 0 fully saturated rings. The second-order valence-corrected chi connectivity index (χ2v) is 7.13. The van der Waals surface area contributed by atoms with E-state index >= 15 is 0 Å². The Labute approximate surface area is 123 Å². The van der Waals surface area contributed by atoms with Crippen molar-refractivity contribution < 1.29 is 17.9 Å². The van der Waals surface area contributed by atoms with E-state index in [1.165, 1.54) is 26.2 Å². The smallest absolute Gasteiger partial charge is 0.172 e. The maximum atomic E-state index is 12.2. The summed E-state index contributed by atoms with van der Waals surface area (Å²) in [6.07, 6.45) is 0.958. The molecule has 1 rings (SSSR count). The van der Waals surface area contributed by atoms with Gasteiger partial charge >= 0.3 is 0 Å². The summed E-state index contributed by atoms with van der Waals surface area (Å²) in [5.41, 5.74) is 0.267. The van der Waals surface area contributed by atoms with Crippen LogP contribution >= 0.6 is 11.6 Å². The van der Waals surface area contributed by atoms with Crippen molar-refractivity contribution in [2.24, 2.45) is 0 Å². The molecule has 108 valence electrons. The van der Waals surface area contributed by atoms with Crippen LogP contribution in [0.15, 0.2) is 18.2 Å². The third-order valence-electron chi connectivity index (χ3n) is 2.96.